The monoisotopic (exact) mass is 567 g/mol. The lowest BCUT2D eigenvalue weighted by Gasteiger charge is -2.14. The Labute approximate surface area is 210 Å². The number of aromatic nitrogens is 2. The zero-order valence-electron chi connectivity index (χ0n) is 18.8. The first-order valence-electron chi connectivity index (χ1n) is 10.3. The Morgan fingerprint density at radius 3 is 2.44 bits per heavy atom. The Bertz CT molecular complexity index is 988. The summed E-state index contributed by atoms with van der Waals surface area (Å²) in [6.45, 7) is 8.04. The van der Waals surface area contributed by atoms with Crippen molar-refractivity contribution >= 4 is 41.3 Å². The standard InChI is InChI=1S/C23H29N5O2S.HI/c1-5-13-29-19-8-10-20(11-9-19)30-22-18(7-6-12-25-22)14-26-23(24-4)27-15-21-28-16(2)17(3)31-21;/h6-12H,5,13-15H2,1-4H3,(H2,24,26,27);1H. The van der Waals surface area contributed by atoms with Crippen LogP contribution in [0.5, 0.6) is 17.4 Å². The number of guanidine groups is 1. The van der Waals surface area contributed by atoms with Crippen LogP contribution in [0.15, 0.2) is 47.6 Å². The van der Waals surface area contributed by atoms with Crippen LogP contribution in [0.2, 0.25) is 0 Å². The summed E-state index contributed by atoms with van der Waals surface area (Å²) in [4.78, 5) is 14.5. The predicted molar refractivity (Wildman–Crippen MR) is 141 cm³/mol. The number of nitrogens with one attached hydrogen (secondary N) is 2. The zero-order valence-corrected chi connectivity index (χ0v) is 22.0. The third kappa shape index (κ3) is 7.63. The van der Waals surface area contributed by atoms with Gasteiger partial charge in [-0.3, -0.25) is 4.99 Å². The van der Waals surface area contributed by atoms with Gasteiger partial charge in [-0.15, -0.1) is 35.3 Å². The smallest absolute Gasteiger partial charge is 0.224 e. The molecule has 0 aliphatic heterocycles. The van der Waals surface area contributed by atoms with Crippen LogP contribution in [0, 0.1) is 13.8 Å². The fraction of sp³-hybridized carbons (Fsp3) is 0.348. The molecular formula is C23H30IN5O2S. The van der Waals surface area contributed by atoms with Gasteiger partial charge >= 0.3 is 0 Å². The first kappa shape index (κ1) is 25.9. The van der Waals surface area contributed by atoms with Crippen LogP contribution < -0.4 is 20.1 Å². The summed E-state index contributed by atoms with van der Waals surface area (Å²) in [6.07, 6.45) is 2.70. The van der Waals surface area contributed by atoms with E-state index in [1.54, 1.807) is 24.6 Å². The number of aliphatic imine (C=N–C) groups is 1. The first-order valence-corrected chi connectivity index (χ1v) is 11.1. The summed E-state index contributed by atoms with van der Waals surface area (Å²) in [5.41, 5.74) is 2.00. The number of hydrogen-bond acceptors (Lipinski definition) is 6. The Morgan fingerprint density at radius 2 is 1.78 bits per heavy atom. The van der Waals surface area contributed by atoms with E-state index in [4.69, 9.17) is 9.47 Å². The number of nitrogens with zero attached hydrogens (tertiary/aromatic N) is 3. The molecule has 0 amide bonds. The van der Waals surface area contributed by atoms with Gasteiger partial charge in [0.25, 0.3) is 0 Å². The predicted octanol–water partition coefficient (Wildman–Crippen LogP) is 5.22. The van der Waals surface area contributed by atoms with Gasteiger partial charge in [-0.25, -0.2) is 9.97 Å². The van der Waals surface area contributed by atoms with Crippen LogP contribution in [0.1, 0.15) is 34.5 Å². The number of rotatable bonds is 9. The first-order chi connectivity index (χ1) is 15.1. The minimum Gasteiger partial charge on any atom is -0.494 e. The fourth-order valence-electron chi connectivity index (χ4n) is 2.76. The fourth-order valence-corrected chi connectivity index (χ4v) is 3.63. The molecule has 0 radical (unpaired) electrons. The number of thiazole rings is 1. The number of halogens is 1. The average molecular weight is 567 g/mol. The highest BCUT2D eigenvalue weighted by molar-refractivity contribution is 14.0. The minimum absolute atomic E-state index is 0. The molecule has 0 unspecified atom stereocenters. The van der Waals surface area contributed by atoms with Crippen molar-refractivity contribution in [1.29, 1.82) is 0 Å². The summed E-state index contributed by atoms with van der Waals surface area (Å²) in [5, 5.41) is 7.65. The van der Waals surface area contributed by atoms with Crippen molar-refractivity contribution in [2.75, 3.05) is 13.7 Å². The van der Waals surface area contributed by atoms with E-state index in [2.05, 4.69) is 39.4 Å². The van der Waals surface area contributed by atoms with E-state index < -0.39 is 0 Å². The Morgan fingerprint density at radius 1 is 1.06 bits per heavy atom. The van der Waals surface area contributed by atoms with Gasteiger partial charge in [0, 0.05) is 30.2 Å². The quantitative estimate of drug-likeness (QED) is 0.210. The molecule has 2 N–H and O–H groups in total. The highest BCUT2D eigenvalue weighted by Gasteiger charge is 2.09. The maximum Gasteiger partial charge on any atom is 0.224 e. The van der Waals surface area contributed by atoms with Crippen molar-refractivity contribution in [2.24, 2.45) is 4.99 Å². The molecule has 3 aromatic rings. The normalized spacial score (nSPS) is 10.9. The van der Waals surface area contributed by atoms with Crippen molar-refractivity contribution in [3.8, 4) is 17.4 Å². The van der Waals surface area contributed by atoms with E-state index >= 15 is 0 Å². The molecule has 0 aliphatic rings. The molecule has 9 heteroatoms. The second-order valence-electron chi connectivity index (χ2n) is 6.92. The molecule has 2 aromatic heterocycles. The van der Waals surface area contributed by atoms with Crippen molar-refractivity contribution in [2.45, 2.75) is 40.3 Å². The van der Waals surface area contributed by atoms with Gasteiger partial charge in [-0.1, -0.05) is 13.0 Å². The van der Waals surface area contributed by atoms with Gasteiger partial charge in [-0.2, -0.15) is 0 Å². The molecule has 0 saturated carbocycles. The van der Waals surface area contributed by atoms with Gasteiger partial charge in [0.2, 0.25) is 5.88 Å². The molecular weight excluding hydrogens is 537 g/mol. The third-order valence-corrected chi connectivity index (χ3v) is 5.58. The van der Waals surface area contributed by atoms with Crippen LogP contribution in [0.4, 0.5) is 0 Å². The van der Waals surface area contributed by atoms with Crippen LogP contribution >= 0.6 is 35.3 Å². The van der Waals surface area contributed by atoms with E-state index in [0.717, 1.165) is 28.4 Å². The molecule has 2 heterocycles. The Kier molecular flexibility index (Phi) is 10.7. The van der Waals surface area contributed by atoms with Crippen LogP contribution in [0.3, 0.4) is 0 Å². The molecule has 0 fully saturated rings. The molecule has 0 atom stereocenters. The topological polar surface area (TPSA) is 80.7 Å². The number of aryl methyl sites for hydroxylation is 2. The molecule has 172 valence electrons. The summed E-state index contributed by atoms with van der Waals surface area (Å²) in [7, 11) is 1.75. The highest BCUT2D eigenvalue weighted by atomic mass is 127. The van der Waals surface area contributed by atoms with Crippen molar-refractivity contribution in [1.82, 2.24) is 20.6 Å². The third-order valence-electron chi connectivity index (χ3n) is 4.51. The molecule has 7 nitrogen and oxygen atoms in total. The molecule has 1 aromatic carbocycles. The van der Waals surface area contributed by atoms with E-state index in [0.29, 0.717) is 37.3 Å². The number of pyridine rings is 1. The van der Waals surface area contributed by atoms with E-state index in [-0.39, 0.29) is 24.0 Å². The maximum absolute atomic E-state index is 6.00. The SMILES string of the molecule is CCCOc1ccc(Oc2ncccc2CNC(=NC)NCc2nc(C)c(C)s2)cc1.I. The average Bonchev–Trinajstić information content (AvgIpc) is 3.11. The molecule has 0 bridgehead atoms. The van der Waals surface area contributed by atoms with E-state index in [1.165, 1.54) is 4.88 Å². The van der Waals surface area contributed by atoms with Crippen LogP contribution in [0.25, 0.3) is 0 Å². The minimum atomic E-state index is 0. The van der Waals surface area contributed by atoms with E-state index in [9.17, 15) is 0 Å². The van der Waals surface area contributed by atoms with Gasteiger partial charge in [0.05, 0.1) is 18.8 Å². The van der Waals surface area contributed by atoms with Crippen LogP contribution in [-0.2, 0) is 13.1 Å². The largest absolute Gasteiger partial charge is 0.494 e. The number of ether oxygens (including phenoxy) is 2. The molecule has 0 aliphatic carbocycles. The molecule has 32 heavy (non-hydrogen) atoms. The molecule has 0 saturated heterocycles. The van der Waals surface area contributed by atoms with Crippen molar-refractivity contribution < 1.29 is 9.47 Å². The lowest BCUT2D eigenvalue weighted by molar-refractivity contribution is 0.317. The van der Waals surface area contributed by atoms with Gasteiger partial charge in [0.1, 0.15) is 16.5 Å². The summed E-state index contributed by atoms with van der Waals surface area (Å²) >= 11 is 1.69. The number of benzene rings is 1. The lowest BCUT2D eigenvalue weighted by Crippen LogP contribution is -2.36. The Balaban J connectivity index is 0.00000363. The summed E-state index contributed by atoms with van der Waals surface area (Å²) in [5.74, 6) is 2.79. The van der Waals surface area contributed by atoms with Gasteiger partial charge in [0.15, 0.2) is 5.96 Å². The zero-order chi connectivity index (χ0) is 22.1. The number of hydrogen-bond donors (Lipinski definition) is 2. The second kappa shape index (κ2) is 13.2. The van der Waals surface area contributed by atoms with Gasteiger partial charge in [-0.05, 0) is 50.6 Å². The van der Waals surface area contributed by atoms with E-state index in [1.807, 2.05) is 43.3 Å². The van der Waals surface area contributed by atoms with Crippen LogP contribution in [-0.4, -0.2) is 29.6 Å². The summed E-state index contributed by atoms with van der Waals surface area (Å²) < 4.78 is 11.6. The Hall–Kier alpha value is -2.40. The second-order valence-corrected chi connectivity index (χ2v) is 8.21. The van der Waals surface area contributed by atoms with Crippen molar-refractivity contribution in [3.05, 3.63) is 63.7 Å². The highest BCUT2D eigenvalue weighted by Crippen LogP contribution is 2.25. The molecule has 3 rings (SSSR count). The van der Waals surface area contributed by atoms with Crippen molar-refractivity contribution in [3.63, 3.8) is 0 Å². The maximum atomic E-state index is 6.00. The summed E-state index contributed by atoms with van der Waals surface area (Å²) in [6, 6.07) is 11.4. The van der Waals surface area contributed by atoms with Gasteiger partial charge < -0.3 is 20.1 Å². The molecule has 0 spiro atoms. The lowest BCUT2D eigenvalue weighted by atomic mass is 10.2.